The Balaban J connectivity index is 2.83. The Hall–Kier alpha value is -1.30. The van der Waals surface area contributed by atoms with Crippen LogP contribution in [0.25, 0.3) is 0 Å². The van der Waals surface area contributed by atoms with E-state index < -0.39 is 23.7 Å². The number of carbonyl (C=O) groups is 2. The number of rotatable bonds is 1. The van der Waals surface area contributed by atoms with Crippen molar-refractivity contribution in [3.05, 3.63) is 0 Å². The second kappa shape index (κ2) is 5.60. The second-order valence-electron chi connectivity index (χ2n) is 7.14. The smallest absolute Gasteiger partial charge is 0.411 e. The number of carboxylic acid groups (broad SMARTS) is 1. The number of amides is 1. The highest BCUT2D eigenvalue weighted by Crippen LogP contribution is 2.21. The molecule has 1 aliphatic heterocycles. The lowest BCUT2D eigenvalue weighted by Crippen LogP contribution is -2.62. The van der Waals surface area contributed by atoms with Crippen LogP contribution in [-0.4, -0.2) is 63.8 Å². The van der Waals surface area contributed by atoms with Crippen molar-refractivity contribution >= 4 is 12.1 Å². The lowest BCUT2D eigenvalue weighted by molar-refractivity contribution is -0.146. The molecule has 0 bridgehead atoms. The molecule has 1 amide bonds. The Morgan fingerprint density at radius 1 is 1.10 bits per heavy atom. The summed E-state index contributed by atoms with van der Waals surface area (Å²) in [6.45, 7) is 12.7. The summed E-state index contributed by atoms with van der Waals surface area (Å²) in [5, 5.41) is 9.36. The zero-order chi connectivity index (χ0) is 15.7. The van der Waals surface area contributed by atoms with E-state index in [1.54, 1.807) is 20.8 Å². The fourth-order valence-corrected chi connectivity index (χ4v) is 2.14. The van der Waals surface area contributed by atoms with Gasteiger partial charge in [0.05, 0.1) is 0 Å². The first-order chi connectivity index (χ1) is 8.92. The normalized spacial score (nSPS) is 21.7. The van der Waals surface area contributed by atoms with Crippen molar-refractivity contribution in [1.29, 1.82) is 0 Å². The minimum absolute atomic E-state index is 0.117. The first kappa shape index (κ1) is 16.8. The molecule has 1 N–H and O–H groups in total. The minimum atomic E-state index is -0.996. The number of carboxylic acids is 1. The largest absolute Gasteiger partial charge is 0.480 e. The highest BCUT2D eigenvalue weighted by atomic mass is 16.6. The van der Waals surface area contributed by atoms with Crippen molar-refractivity contribution in [2.75, 3.05) is 19.6 Å². The Labute approximate surface area is 120 Å². The standard InChI is InChI=1S/C14H26N2O4/c1-13(2,3)15-7-8-16(10(9-15)11(17)18)12(19)20-14(4,5)6/h10H,7-9H2,1-6H3,(H,17,18)/t10-/m1/s1. The fourth-order valence-electron chi connectivity index (χ4n) is 2.14. The van der Waals surface area contributed by atoms with Crippen LogP contribution < -0.4 is 0 Å². The summed E-state index contributed by atoms with van der Waals surface area (Å²) in [7, 11) is 0. The molecule has 116 valence electrons. The summed E-state index contributed by atoms with van der Waals surface area (Å²) >= 11 is 0. The molecule has 1 saturated heterocycles. The van der Waals surface area contributed by atoms with Crippen molar-refractivity contribution in [3.8, 4) is 0 Å². The molecule has 0 unspecified atom stereocenters. The summed E-state index contributed by atoms with van der Waals surface area (Å²) in [6, 6.07) is -0.863. The van der Waals surface area contributed by atoms with Gasteiger partial charge in [-0.1, -0.05) is 0 Å². The molecule has 0 aromatic heterocycles. The van der Waals surface area contributed by atoms with Crippen molar-refractivity contribution in [2.45, 2.75) is 58.7 Å². The van der Waals surface area contributed by atoms with Crippen molar-refractivity contribution < 1.29 is 19.4 Å². The van der Waals surface area contributed by atoms with E-state index in [4.69, 9.17) is 4.74 Å². The van der Waals surface area contributed by atoms with Crippen molar-refractivity contribution in [3.63, 3.8) is 0 Å². The van der Waals surface area contributed by atoms with Gasteiger partial charge in [-0.05, 0) is 41.5 Å². The molecule has 1 atom stereocenters. The van der Waals surface area contributed by atoms with E-state index in [1.165, 1.54) is 4.90 Å². The molecular weight excluding hydrogens is 260 g/mol. The van der Waals surface area contributed by atoms with Gasteiger partial charge in [0, 0.05) is 25.2 Å². The first-order valence-corrected chi connectivity index (χ1v) is 6.89. The lowest BCUT2D eigenvalue weighted by Gasteiger charge is -2.45. The van der Waals surface area contributed by atoms with Gasteiger partial charge >= 0.3 is 12.1 Å². The highest BCUT2D eigenvalue weighted by Gasteiger charge is 2.40. The molecule has 0 saturated carbocycles. The lowest BCUT2D eigenvalue weighted by atomic mass is 10.0. The van der Waals surface area contributed by atoms with Crippen LogP contribution in [0.2, 0.25) is 0 Å². The average molecular weight is 286 g/mol. The number of ether oxygens (including phenoxy) is 1. The minimum Gasteiger partial charge on any atom is -0.480 e. The third kappa shape index (κ3) is 4.37. The van der Waals surface area contributed by atoms with E-state index in [0.717, 1.165) is 0 Å². The summed E-state index contributed by atoms with van der Waals surface area (Å²) in [5.41, 5.74) is -0.741. The first-order valence-electron chi connectivity index (χ1n) is 6.89. The Morgan fingerprint density at radius 3 is 2.05 bits per heavy atom. The molecule has 20 heavy (non-hydrogen) atoms. The molecule has 1 rings (SSSR count). The van der Waals surface area contributed by atoms with Gasteiger partial charge in [-0.15, -0.1) is 0 Å². The maximum atomic E-state index is 12.1. The predicted molar refractivity (Wildman–Crippen MR) is 75.7 cm³/mol. The van der Waals surface area contributed by atoms with Crippen molar-refractivity contribution in [1.82, 2.24) is 9.80 Å². The molecule has 1 aliphatic rings. The van der Waals surface area contributed by atoms with Gasteiger partial charge in [-0.2, -0.15) is 0 Å². The number of hydrogen-bond acceptors (Lipinski definition) is 4. The van der Waals surface area contributed by atoms with Crippen LogP contribution in [0.1, 0.15) is 41.5 Å². The van der Waals surface area contributed by atoms with E-state index in [2.05, 4.69) is 4.90 Å². The topological polar surface area (TPSA) is 70.1 Å². The zero-order valence-corrected chi connectivity index (χ0v) is 13.3. The summed E-state index contributed by atoms with van der Waals surface area (Å²) in [4.78, 5) is 26.9. The number of nitrogens with zero attached hydrogens (tertiary/aromatic N) is 2. The molecule has 0 aromatic rings. The van der Waals surface area contributed by atoms with E-state index in [9.17, 15) is 14.7 Å². The Kier molecular flexibility index (Phi) is 4.69. The molecule has 0 radical (unpaired) electrons. The summed E-state index contributed by atoms with van der Waals surface area (Å²) in [5.74, 6) is -0.996. The van der Waals surface area contributed by atoms with Gasteiger partial charge in [0.1, 0.15) is 11.6 Å². The summed E-state index contributed by atoms with van der Waals surface area (Å²) in [6.07, 6.45) is -0.557. The maximum Gasteiger partial charge on any atom is 0.411 e. The number of carbonyl (C=O) groups excluding carboxylic acids is 1. The van der Waals surface area contributed by atoms with Gasteiger partial charge < -0.3 is 9.84 Å². The van der Waals surface area contributed by atoms with Gasteiger partial charge in [0.25, 0.3) is 0 Å². The van der Waals surface area contributed by atoms with E-state index in [0.29, 0.717) is 19.6 Å². The molecule has 1 heterocycles. The average Bonchev–Trinajstić information content (AvgIpc) is 2.24. The summed E-state index contributed by atoms with van der Waals surface area (Å²) < 4.78 is 5.28. The molecular formula is C14H26N2O4. The van der Waals surface area contributed by atoms with Gasteiger partial charge in [-0.3, -0.25) is 9.80 Å². The second-order valence-corrected chi connectivity index (χ2v) is 7.14. The predicted octanol–water partition coefficient (Wildman–Crippen LogP) is 1.79. The van der Waals surface area contributed by atoms with Crippen LogP contribution >= 0.6 is 0 Å². The van der Waals surface area contributed by atoms with Crippen LogP contribution in [0, 0.1) is 0 Å². The quantitative estimate of drug-likeness (QED) is 0.796. The van der Waals surface area contributed by atoms with Crippen LogP contribution in [0.15, 0.2) is 0 Å². The maximum absolute atomic E-state index is 12.1. The number of aliphatic carboxylic acids is 1. The van der Waals surface area contributed by atoms with Gasteiger partial charge in [-0.25, -0.2) is 9.59 Å². The van der Waals surface area contributed by atoms with E-state index in [-0.39, 0.29) is 5.54 Å². The van der Waals surface area contributed by atoms with Crippen LogP contribution in [0.3, 0.4) is 0 Å². The van der Waals surface area contributed by atoms with Crippen molar-refractivity contribution in [2.24, 2.45) is 0 Å². The third-order valence-corrected chi connectivity index (χ3v) is 3.24. The third-order valence-electron chi connectivity index (χ3n) is 3.24. The van der Waals surface area contributed by atoms with Gasteiger partial charge in [0.15, 0.2) is 0 Å². The van der Waals surface area contributed by atoms with Crippen LogP contribution in [0.5, 0.6) is 0 Å². The Bertz CT molecular complexity index is 382. The molecule has 0 spiro atoms. The van der Waals surface area contributed by atoms with E-state index in [1.807, 2.05) is 20.8 Å². The van der Waals surface area contributed by atoms with E-state index >= 15 is 0 Å². The van der Waals surface area contributed by atoms with Gasteiger partial charge in [0.2, 0.25) is 0 Å². The number of piperazine rings is 1. The zero-order valence-electron chi connectivity index (χ0n) is 13.3. The van der Waals surface area contributed by atoms with Crippen LogP contribution in [0.4, 0.5) is 4.79 Å². The monoisotopic (exact) mass is 286 g/mol. The SMILES string of the molecule is CC(C)(C)OC(=O)N1CCN(C(C)(C)C)C[C@@H]1C(=O)O. The molecule has 1 fully saturated rings. The number of hydrogen-bond donors (Lipinski definition) is 1. The fraction of sp³-hybridized carbons (Fsp3) is 0.857. The molecule has 0 aromatic carbocycles. The highest BCUT2D eigenvalue weighted by molar-refractivity contribution is 5.80. The molecule has 6 heteroatoms. The molecule has 0 aliphatic carbocycles. The molecule has 6 nitrogen and oxygen atoms in total. The Morgan fingerprint density at radius 2 is 1.65 bits per heavy atom. The van der Waals surface area contributed by atoms with Crippen LogP contribution in [-0.2, 0) is 9.53 Å².